The standard InChI is InChI=1S/C13H11BrN2O2/c1-7-11(13(17)18)8(2)16-12(15-7)9-4-3-5-10(14)6-9/h3-6H,1-2H3,(H,17,18). The van der Waals surface area contributed by atoms with E-state index in [9.17, 15) is 4.79 Å². The molecule has 1 aromatic carbocycles. The Morgan fingerprint density at radius 3 is 2.33 bits per heavy atom. The van der Waals surface area contributed by atoms with Crippen LogP contribution in [0.4, 0.5) is 0 Å². The van der Waals surface area contributed by atoms with E-state index in [1.807, 2.05) is 24.3 Å². The number of hydrogen-bond acceptors (Lipinski definition) is 3. The normalized spacial score (nSPS) is 10.4. The van der Waals surface area contributed by atoms with Crippen LogP contribution in [0.15, 0.2) is 28.7 Å². The van der Waals surface area contributed by atoms with Gasteiger partial charge >= 0.3 is 5.97 Å². The van der Waals surface area contributed by atoms with Crippen molar-refractivity contribution in [1.82, 2.24) is 9.97 Å². The van der Waals surface area contributed by atoms with Gasteiger partial charge < -0.3 is 5.11 Å². The Balaban J connectivity index is 2.58. The Morgan fingerprint density at radius 2 is 1.83 bits per heavy atom. The maximum Gasteiger partial charge on any atom is 0.339 e. The molecule has 0 bridgehead atoms. The molecule has 2 rings (SSSR count). The van der Waals surface area contributed by atoms with Gasteiger partial charge in [-0.15, -0.1) is 0 Å². The van der Waals surface area contributed by atoms with Gasteiger partial charge in [0.2, 0.25) is 0 Å². The second-order valence-electron chi connectivity index (χ2n) is 3.91. The molecule has 1 N–H and O–H groups in total. The highest BCUT2D eigenvalue weighted by molar-refractivity contribution is 9.10. The summed E-state index contributed by atoms with van der Waals surface area (Å²) in [5.41, 5.74) is 1.98. The lowest BCUT2D eigenvalue weighted by Gasteiger charge is -2.07. The van der Waals surface area contributed by atoms with E-state index in [4.69, 9.17) is 5.11 Å². The summed E-state index contributed by atoms with van der Waals surface area (Å²) in [5, 5.41) is 9.06. The fraction of sp³-hybridized carbons (Fsp3) is 0.154. The molecule has 4 nitrogen and oxygen atoms in total. The predicted octanol–water partition coefficient (Wildman–Crippen LogP) is 3.22. The number of aromatic nitrogens is 2. The van der Waals surface area contributed by atoms with Gasteiger partial charge in [0, 0.05) is 10.0 Å². The van der Waals surface area contributed by atoms with Gasteiger partial charge in [-0.3, -0.25) is 0 Å². The summed E-state index contributed by atoms with van der Waals surface area (Å²) >= 11 is 3.38. The zero-order valence-electron chi connectivity index (χ0n) is 9.94. The molecule has 18 heavy (non-hydrogen) atoms. The highest BCUT2D eigenvalue weighted by Crippen LogP contribution is 2.22. The van der Waals surface area contributed by atoms with E-state index in [-0.39, 0.29) is 5.56 Å². The van der Waals surface area contributed by atoms with Crippen LogP contribution in [0.3, 0.4) is 0 Å². The largest absolute Gasteiger partial charge is 0.478 e. The van der Waals surface area contributed by atoms with E-state index in [0.29, 0.717) is 17.2 Å². The number of benzene rings is 1. The molecule has 0 aliphatic carbocycles. The number of aryl methyl sites for hydroxylation is 2. The Hall–Kier alpha value is -1.75. The minimum absolute atomic E-state index is 0.175. The van der Waals surface area contributed by atoms with Gasteiger partial charge in [-0.25, -0.2) is 14.8 Å². The first-order chi connectivity index (χ1) is 8.49. The molecule has 0 unspecified atom stereocenters. The molecule has 1 aromatic heterocycles. The van der Waals surface area contributed by atoms with Crippen molar-refractivity contribution in [3.05, 3.63) is 45.7 Å². The average Bonchev–Trinajstić information content (AvgIpc) is 2.27. The Kier molecular flexibility index (Phi) is 3.43. The van der Waals surface area contributed by atoms with Crippen molar-refractivity contribution in [2.24, 2.45) is 0 Å². The van der Waals surface area contributed by atoms with Crippen LogP contribution >= 0.6 is 15.9 Å². The molecule has 0 aliphatic rings. The first-order valence-electron chi connectivity index (χ1n) is 5.33. The number of nitrogens with zero attached hydrogens (tertiary/aromatic N) is 2. The highest BCUT2D eigenvalue weighted by Gasteiger charge is 2.15. The van der Waals surface area contributed by atoms with E-state index in [2.05, 4.69) is 25.9 Å². The predicted molar refractivity (Wildman–Crippen MR) is 71.6 cm³/mol. The zero-order chi connectivity index (χ0) is 13.3. The molecule has 0 saturated carbocycles. The van der Waals surface area contributed by atoms with Crippen LogP contribution in [-0.4, -0.2) is 21.0 Å². The molecule has 0 radical (unpaired) electrons. The lowest BCUT2D eigenvalue weighted by Crippen LogP contribution is -2.08. The van der Waals surface area contributed by atoms with Gasteiger partial charge in [0.15, 0.2) is 5.82 Å². The number of halogens is 1. The van der Waals surface area contributed by atoms with Crippen LogP contribution < -0.4 is 0 Å². The number of carboxylic acids is 1. The SMILES string of the molecule is Cc1nc(-c2cccc(Br)c2)nc(C)c1C(=O)O. The summed E-state index contributed by atoms with van der Waals surface area (Å²) in [6, 6.07) is 7.58. The molecular weight excluding hydrogens is 296 g/mol. The van der Waals surface area contributed by atoms with E-state index in [1.165, 1.54) is 0 Å². The lowest BCUT2D eigenvalue weighted by atomic mass is 10.1. The number of hydrogen-bond donors (Lipinski definition) is 1. The number of carboxylic acid groups (broad SMARTS) is 1. The van der Waals surface area contributed by atoms with Gasteiger partial charge in [0.1, 0.15) is 5.56 Å². The average molecular weight is 307 g/mol. The van der Waals surface area contributed by atoms with Crippen molar-refractivity contribution in [2.45, 2.75) is 13.8 Å². The maximum atomic E-state index is 11.1. The maximum absolute atomic E-state index is 11.1. The topological polar surface area (TPSA) is 63.1 Å². The van der Waals surface area contributed by atoms with E-state index in [0.717, 1.165) is 10.0 Å². The Morgan fingerprint density at radius 1 is 1.22 bits per heavy atom. The third-order valence-electron chi connectivity index (χ3n) is 2.57. The van der Waals surface area contributed by atoms with Gasteiger partial charge in [-0.2, -0.15) is 0 Å². The van der Waals surface area contributed by atoms with Crippen LogP contribution in [0, 0.1) is 13.8 Å². The summed E-state index contributed by atoms with van der Waals surface area (Å²) in [6.45, 7) is 3.36. The second-order valence-corrected chi connectivity index (χ2v) is 4.82. The first-order valence-corrected chi connectivity index (χ1v) is 6.13. The van der Waals surface area contributed by atoms with E-state index >= 15 is 0 Å². The van der Waals surface area contributed by atoms with Crippen LogP contribution in [0.1, 0.15) is 21.7 Å². The molecule has 2 aromatic rings. The van der Waals surface area contributed by atoms with Gasteiger partial charge in [0.05, 0.1) is 11.4 Å². The van der Waals surface area contributed by atoms with Crippen molar-refractivity contribution in [3.8, 4) is 11.4 Å². The molecule has 0 fully saturated rings. The Bertz CT molecular complexity index is 603. The molecule has 0 atom stereocenters. The van der Waals surface area contributed by atoms with Crippen molar-refractivity contribution in [2.75, 3.05) is 0 Å². The number of carbonyl (C=O) groups is 1. The van der Waals surface area contributed by atoms with Crippen molar-refractivity contribution < 1.29 is 9.90 Å². The van der Waals surface area contributed by atoms with Crippen LogP contribution in [0.5, 0.6) is 0 Å². The van der Waals surface area contributed by atoms with Gasteiger partial charge in [0.25, 0.3) is 0 Å². The molecule has 92 valence electrons. The smallest absolute Gasteiger partial charge is 0.339 e. The summed E-state index contributed by atoms with van der Waals surface area (Å²) < 4.78 is 0.932. The van der Waals surface area contributed by atoms with Gasteiger partial charge in [-0.1, -0.05) is 28.1 Å². The number of rotatable bonds is 2. The fourth-order valence-electron chi connectivity index (χ4n) is 1.78. The first kappa shape index (κ1) is 12.7. The Labute approximate surface area is 113 Å². The third-order valence-corrected chi connectivity index (χ3v) is 3.06. The zero-order valence-corrected chi connectivity index (χ0v) is 11.5. The minimum atomic E-state index is -0.995. The fourth-order valence-corrected chi connectivity index (χ4v) is 2.18. The molecule has 0 aliphatic heterocycles. The minimum Gasteiger partial charge on any atom is -0.478 e. The molecule has 0 saturated heterocycles. The van der Waals surface area contributed by atoms with Crippen molar-refractivity contribution >= 4 is 21.9 Å². The van der Waals surface area contributed by atoms with E-state index in [1.54, 1.807) is 13.8 Å². The highest BCUT2D eigenvalue weighted by atomic mass is 79.9. The van der Waals surface area contributed by atoms with Crippen molar-refractivity contribution in [3.63, 3.8) is 0 Å². The van der Waals surface area contributed by atoms with Crippen LogP contribution in [0.2, 0.25) is 0 Å². The molecular formula is C13H11BrN2O2. The third kappa shape index (κ3) is 2.41. The van der Waals surface area contributed by atoms with Crippen LogP contribution in [0.25, 0.3) is 11.4 Å². The van der Waals surface area contributed by atoms with Crippen LogP contribution in [-0.2, 0) is 0 Å². The summed E-state index contributed by atoms with van der Waals surface area (Å²) in [5.74, 6) is -0.456. The lowest BCUT2D eigenvalue weighted by molar-refractivity contribution is 0.0694. The van der Waals surface area contributed by atoms with Crippen molar-refractivity contribution in [1.29, 1.82) is 0 Å². The molecule has 1 heterocycles. The van der Waals surface area contributed by atoms with Gasteiger partial charge in [-0.05, 0) is 26.0 Å². The summed E-state index contributed by atoms with van der Waals surface area (Å²) in [6.07, 6.45) is 0. The van der Waals surface area contributed by atoms with E-state index < -0.39 is 5.97 Å². The second kappa shape index (κ2) is 4.86. The molecule has 0 spiro atoms. The molecule has 5 heteroatoms. The number of aromatic carboxylic acids is 1. The monoisotopic (exact) mass is 306 g/mol. The molecule has 0 amide bonds. The summed E-state index contributed by atoms with van der Waals surface area (Å²) in [4.78, 5) is 19.6. The quantitative estimate of drug-likeness (QED) is 0.925. The summed E-state index contributed by atoms with van der Waals surface area (Å²) in [7, 11) is 0.